The van der Waals surface area contributed by atoms with Crippen LogP contribution in [0.25, 0.3) is 0 Å². The zero-order valence-corrected chi connectivity index (χ0v) is 20.7. The molecule has 0 aliphatic heterocycles. The van der Waals surface area contributed by atoms with Crippen molar-refractivity contribution in [3.63, 3.8) is 0 Å². The van der Waals surface area contributed by atoms with E-state index in [0.29, 0.717) is 0 Å². The van der Waals surface area contributed by atoms with Crippen LogP contribution in [-0.2, 0) is 19.6 Å². The first-order valence-electron chi connectivity index (χ1n) is 9.55. The van der Waals surface area contributed by atoms with Gasteiger partial charge >= 0.3 is 5.97 Å². The number of non-ortho nitro benzene ring substituents is 1. The minimum atomic E-state index is -4.34. The summed E-state index contributed by atoms with van der Waals surface area (Å²) in [7, 11) is -4.34. The molecule has 0 saturated carbocycles. The average molecular weight is 577 g/mol. The molecule has 3 aromatic rings. The Morgan fingerprint density at radius 2 is 1.64 bits per heavy atom. The Hall–Kier alpha value is -3.45. The zero-order chi connectivity index (χ0) is 26.6. The molecule has 0 fully saturated rings. The molecule has 3 rings (SSSR count). The smallest absolute Gasteiger partial charge is 0.340 e. The summed E-state index contributed by atoms with van der Waals surface area (Å²) in [6.45, 7) is -0.854. The molecule has 0 bridgehead atoms. The van der Waals surface area contributed by atoms with Crippen molar-refractivity contribution >= 4 is 73.8 Å². The second-order valence-electron chi connectivity index (χ2n) is 6.92. The van der Waals surface area contributed by atoms with Crippen molar-refractivity contribution in [2.75, 3.05) is 16.6 Å². The van der Waals surface area contributed by atoms with E-state index in [1.807, 2.05) is 0 Å². The number of sulfonamides is 1. The fraction of sp³-hybridized carbons (Fsp3) is 0.0476. The molecule has 0 aliphatic rings. The molecule has 0 unspecified atom stereocenters. The quantitative estimate of drug-likeness (QED) is 0.210. The van der Waals surface area contributed by atoms with Crippen LogP contribution in [0.1, 0.15) is 10.4 Å². The number of carbonyl (C=O) groups excluding carboxylic acids is 2. The molecule has 0 aliphatic carbocycles. The zero-order valence-electron chi connectivity index (χ0n) is 17.6. The summed E-state index contributed by atoms with van der Waals surface area (Å²) in [6, 6.07) is 9.65. The van der Waals surface area contributed by atoms with Crippen LogP contribution in [0.5, 0.6) is 0 Å². The minimum Gasteiger partial charge on any atom is -0.452 e. The van der Waals surface area contributed by atoms with Crippen LogP contribution in [0.4, 0.5) is 21.5 Å². The van der Waals surface area contributed by atoms with Gasteiger partial charge in [0.25, 0.3) is 21.6 Å². The van der Waals surface area contributed by atoms with E-state index in [4.69, 9.17) is 39.5 Å². The van der Waals surface area contributed by atoms with Crippen molar-refractivity contribution in [3.8, 4) is 0 Å². The second kappa shape index (κ2) is 11.1. The number of ether oxygens (including phenoxy) is 1. The normalized spacial score (nSPS) is 11.0. The fourth-order valence-electron chi connectivity index (χ4n) is 2.74. The van der Waals surface area contributed by atoms with Crippen LogP contribution >= 0.6 is 34.8 Å². The molecular weight excluding hydrogens is 564 g/mol. The van der Waals surface area contributed by atoms with Gasteiger partial charge in [-0.05, 0) is 42.5 Å². The lowest BCUT2D eigenvalue weighted by Gasteiger charge is -2.13. The van der Waals surface area contributed by atoms with Gasteiger partial charge in [-0.15, -0.1) is 0 Å². The Kier molecular flexibility index (Phi) is 8.35. The van der Waals surface area contributed by atoms with Gasteiger partial charge in [0, 0.05) is 17.8 Å². The summed E-state index contributed by atoms with van der Waals surface area (Å²) in [5.74, 6) is -2.62. The van der Waals surface area contributed by atoms with Gasteiger partial charge in [0.2, 0.25) is 0 Å². The molecular formula is C21H13Cl3FN3O7S. The summed E-state index contributed by atoms with van der Waals surface area (Å²) in [4.78, 5) is 34.4. The SMILES string of the molecule is O=C(COC(=O)c1cc(S(=O)(=O)Nc2ccc(F)cc2)c(Cl)cc1Cl)Nc1cc([N+](=O)[O-])ccc1Cl. The molecule has 0 spiro atoms. The molecule has 0 atom stereocenters. The maximum absolute atomic E-state index is 13.1. The molecule has 188 valence electrons. The van der Waals surface area contributed by atoms with Gasteiger partial charge < -0.3 is 10.1 Å². The molecule has 10 nitrogen and oxygen atoms in total. The average Bonchev–Trinajstić information content (AvgIpc) is 2.80. The van der Waals surface area contributed by atoms with Crippen LogP contribution in [0.15, 0.2) is 59.5 Å². The highest BCUT2D eigenvalue weighted by Gasteiger charge is 2.24. The van der Waals surface area contributed by atoms with E-state index in [2.05, 4.69) is 10.0 Å². The molecule has 1 amide bonds. The minimum absolute atomic E-state index is 0.00419. The molecule has 0 aromatic heterocycles. The Morgan fingerprint density at radius 3 is 2.28 bits per heavy atom. The Labute approximate surface area is 218 Å². The number of nitrogens with zero attached hydrogens (tertiary/aromatic N) is 1. The van der Waals surface area contributed by atoms with Crippen LogP contribution in [0.3, 0.4) is 0 Å². The van der Waals surface area contributed by atoms with Crippen molar-refractivity contribution in [2.24, 2.45) is 0 Å². The Bertz CT molecular complexity index is 1470. The van der Waals surface area contributed by atoms with E-state index in [9.17, 15) is 32.5 Å². The molecule has 0 saturated heterocycles. The van der Waals surface area contributed by atoms with Crippen molar-refractivity contribution in [1.29, 1.82) is 0 Å². The van der Waals surface area contributed by atoms with Gasteiger partial charge in [-0.1, -0.05) is 34.8 Å². The van der Waals surface area contributed by atoms with E-state index >= 15 is 0 Å². The lowest BCUT2D eigenvalue weighted by Crippen LogP contribution is -2.21. The molecule has 15 heteroatoms. The summed E-state index contributed by atoms with van der Waals surface area (Å²) in [5, 5.41) is 12.6. The predicted molar refractivity (Wildman–Crippen MR) is 131 cm³/mol. The molecule has 3 aromatic carbocycles. The van der Waals surface area contributed by atoms with Crippen LogP contribution < -0.4 is 10.0 Å². The highest BCUT2D eigenvalue weighted by atomic mass is 35.5. The number of esters is 1. The van der Waals surface area contributed by atoms with Gasteiger partial charge in [0.05, 0.1) is 31.2 Å². The van der Waals surface area contributed by atoms with E-state index in [0.717, 1.165) is 36.4 Å². The first-order chi connectivity index (χ1) is 16.9. The summed E-state index contributed by atoms with van der Waals surface area (Å²) >= 11 is 17.9. The van der Waals surface area contributed by atoms with Gasteiger partial charge in [0.15, 0.2) is 6.61 Å². The third kappa shape index (κ3) is 6.61. The number of halogens is 4. The van der Waals surface area contributed by atoms with Crippen molar-refractivity contribution in [2.45, 2.75) is 4.90 Å². The van der Waals surface area contributed by atoms with E-state index < -0.39 is 49.7 Å². The van der Waals surface area contributed by atoms with E-state index in [-0.39, 0.29) is 32.1 Å². The first kappa shape index (κ1) is 27.1. The van der Waals surface area contributed by atoms with Crippen molar-refractivity contribution in [3.05, 3.63) is 91.2 Å². The van der Waals surface area contributed by atoms with Crippen LogP contribution in [0.2, 0.25) is 15.1 Å². The number of rotatable bonds is 8. The maximum atomic E-state index is 13.1. The number of amides is 1. The number of nitro groups is 1. The van der Waals surface area contributed by atoms with Crippen molar-refractivity contribution < 1.29 is 32.1 Å². The summed E-state index contributed by atoms with van der Waals surface area (Å²) in [5.41, 5.74) is -0.802. The third-order valence-electron chi connectivity index (χ3n) is 4.40. The number of hydrogen-bond donors (Lipinski definition) is 2. The number of nitrogens with one attached hydrogen (secondary N) is 2. The molecule has 36 heavy (non-hydrogen) atoms. The standard InChI is InChI=1S/C21H13Cl3FN3O7S/c22-15-6-5-13(28(31)32)7-18(15)26-20(29)10-35-21(30)14-8-19(17(24)9-16(14)23)36(33,34)27-12-3-1-11(25)2-4-12/h1-9,27H,10H2,(H,26,29). The van der Waals surface area contributed by atoms with Crippen molar-refractivity contribution in [1.82, 2.24) is 0 Å². The Morgan fingerprint density at radius 1 is 0.972 bits per heavy atom. The fourth-order valence-corrected chi connectivity index (χ4v) is 4.81. The highest BCUT2D eigenvalue weighted by molar-refractivity contribution is 7.92. The van der Waals surface area contributed by atoms with Crippen LogP contribution in [-0.4, -0.2) is 31.8 Å². The van der Waals surface area contributed by atoms with Gasteiger partial charge in [-0.2, -0.15) is 0 Å². The lowest BCUT2D eigenvalue weighted by molar-refractivity contribution is -0.384. The first-order valence-corrected chi connectivity index (χ1v) is 12.2. The largest absolute Gasteiger partial charge is 0.452 e. The predicted octanol–water partition coefficient (Wildman–Crippen LogP) is 5.29. The second-order valence-corrected chi connectivity index (χ2v) is 9.79. The Balaban J connectivity index is 1.75. The number of benzene rings is 3. The molecule has 0 radical (unpaired) electrons. The topological polar surface area (TPSA) is 145 Å². The highest BCUT2D eigenvalue weighted by Crippen LogP contribution is 2.31. The monoisotopic (exact) mass is 575 g/mol. The lowest BCUT2D eigenvalue weighted by atomic mass is 10.2. The number of anilines is 2. The number of hydrogen-bond acceptors (Lipinski definition) is 7. The van der Waals surface area contributed by atoms with Crippen LogP contribution in [0, 0.1) is 15.9 Å². The summed E-state index contributed by atoms with van der Waals surface area (Å²) < 4.78 is 45.7. The third-order valence-corrected chi connectivity index (χ3v) is 6.88. The number of carbonyl (C=O) groups is 2. The van der Waals surface area contributed by atoms with E-state index in [1.165, 1.54) is 18.2 Å². The van der Waals surface area contributed by atoms with Gasteiger partial charge in [-0.25, -0.2) is 17.6 Å². The van der Waals surface area contributed by atoms with E-state index in [1.54, 1.807) is 0 Å². The molecule has 2 N–H and O–H groups in total. The maximum Gasteiger partial charge on any atom is 0.340 e. The van der Waals surface area contributed by atoms with Gasteiger partial charge in [-0.3, -0.25) is 19.6 Å². The number of nitro benzene ring substituents is 1. The van der Waals surface area contributed by atoms with Gasteiger partial charge in [0.1, 0.15) is 10.7 Å². The summed E-state index contributed by atoms with van der Waals surface area (Å²) in [6.07, 6.45) is 0. The molecule has 0 heterocycles.